The third-order valence-electron chi connectivity index (χ3n) is 1.92. The van der Waals surface area contributed by atoms with Gasteiger partial charge in [-0.15, -0.1) is 0 Å². The second-order valence-electron chi connectivity index (χ2n) is 3.11. The highest BCUT2D eigenvalue weighted by atomic mass is 17.2. The Labute approximate surface area is 83.6 Å². The molecule has 0 amide bonds. The second kappa shape index (κ2) is 4.65. The van der Waals surface area contributed by atoms with Crippen molar-refractivity contribution < 1.29 is 14.6 Å². The zero-order chi connectivity index (χ0) is 10.6. The van der Waals surface area contributed by atoms with E-state index in [0.29, 0.717) is 12.2 Å². The third kappa shape index (κ3) is 2.49. The van der Waals surface area contributed by atoms with Gasteiger partial charge in [-0.3, -0.25) is 9.78 Å². The zero-order valence-electron chi connectivity index (χ0n) is 8.66. The maximum absolute atomic E-state index is 10.9. The summed E-state index contributed by atoms with van der Waals surface area (Å²) in [6.07, 6.45) is 0.310. The summed E-state index contributed by atoms with van der Waals surface area (Å²) in [5, 5.41) is 0. The first kappa shape index (κ1) is 10.6. The lowest BCUT2D eigenvalue weighted by Crippen LogP contribution is -2.07. The Bertz CT molecular complexity index is 311. The number of carbonyl (C=O) groups is 1. The van der Waals surface area contributed by atoms with Crippen LogP contribution in [0, 0.1) is 13.8 Å². The van der Waals surface area contributed by atoms with Crippen LogP contribution in [0.5, 0.6) is 5.75 Å². The monoisotopic (exact) mass is 194 g/mol. The van der Waals surface area contributed by atoms with Crippen molar-refractivity contribution >= 4 is 5.97 Å². The van der Waals surface area contributed by atoms with Crippen molar-refractivity contribution in [3.63, 3.8) is 0 Å². The largest absolute Gasteiger partial charge is 0.355 e. The summed E-state index contributed by atoms with van der Waals surface area (Å²) in [6.45, 7) is 5.53. The Morgan fingerprint density at radius 2 is 1.86 bits per heavy atom. The van der Waals surface area contributed by atoms with Gasteiger partial charge >= 0.3 is 5.97 Å². The number of benzene rings is 1. The maximum atomic E-state index is 10.9. The fraction of sp³-hybridized carbons (Fsp3) is 0.364. The molecule has 1 aromatic rings. The highest BCUT2D eigenvalue weighted by Crippen LogP contribution is 2.22. The van der Waals surface area contributed by atoms with Crippen LogP contribution in [0.3, 0.4) is 0 Å². The summed E-state index contributed by atoms with van der Waals surface area (Å²) in [6, 6.07) is 5.74. The van der Waals surface area contributed by atoms with Crippen molar-refractivity contribution in [1.82, 2.24) is 0 Å². The van der Waals surface area contributed by atoms with Crippen LogP contribution in [0.1, 0.15) is 24.5 Å². The first-order valence-electron chi connectivity index (χ1n) is 4.58. The van der Waals surface area contributed by atoms with Crippen LogP contribution in [0.15, 0.2) is 18.2 Å². The summed E-state index contributed by atoms with van der Waals surface area (Å²) < 4.78 is 0. The van der Waals surface area contributed by atoms with E-state index in [4.69, 9.17) is 4.89 Å². The number of hydrogen-bond donors (Lipinski definition) is 0. The SMILES string of the molecule is CCC(=O)OOc1c(C)cccc1C. The molecule has 0 saturated carbocycles. The summed E-state index contributed by atoms with van der Waals surface area (Å²) >= 11 is 0. The van der Waals surface area contributed by atoms with E-state index >= 15 is 0 Å². The molecule has 1 aromatic carbocycles. The van der Waals surface area contributed by atoms with Crippen LogP contribution in [-0.2, 0) is 9.68 Å². The van der Waals surface area contributed by atoms with Crippen molar-refractivity contribution in [3.8, 4) is 5.75 Å². The van der Waals surface area contributed by atoms with Gasteiger partial charge in [0.25, 0.3) is 0 Å². The second-order valence-corrected chi connectivity index (χ2v) is 3.11. The molecule has 1 rings (SSSR count). The predicted molar refractivity (Wildman–Crippen MR) is 52.9 cm³/mol. The van der Waals surface area contributed by atoms with E-state index in [1.54, 1.807) is 6.92 Å². The summed E-state index contributed by atoms with van der Waals surface area (Å²) in [7, 11) is 0. The average molecular weight is 194 g/mol. The van der Waals surface area contributed by atoms with E-state index in [1.165, 1.54) is 0 Å². The van der Waals surface area contributed by atoms with Crippen molar-refractivity contribution in [2.45, 2.75) is 27.2 Å². The molecule has 3 heteroatoms. The van der Waals surface area contributed by atoms with E-state index in [2.05, 4.69) is 4.89 Å². The van der Waals surface area contributed by atoms with Crippen LogP contribution in [-0.4, -0.2) is 5.97 Å². The molecule has 0 atom stereocenters. The van der Waals surface area contributed by atoms with E-state index < -0.39 is 0 Å². The molecule has 0 bridgehead atoms. The van der Waals surface area contributed by atoms with E-state index in [0.717, 1.165) is 11.1 Å². The molecule has 0 aliphatic carbocycles. The quantitative estimate of drug-likeness (QED) is 0.548. The molecular formula is C11H14O3. The minimum absolute atomic E-state index is 0.310. The van der Waals surface area contributed by atoms with Gasteiger partial charge in [-0.1, -0.05) is 25.1 Å². The molecule has 3 nitrogen and oxygen atoms in total. The van der Waals surface area contributed by atoms with Crippen molar-refractivity contribution in [3.05, 3.63) is 29.3 Å². The molecule has 76 valence electrons. The molecule has 0 radical (unpaired) electrons. The van der Waals surface area contributed by atoms with Crippen LogP contribution >= 0.6 is 0 Å². The normalized spacial score (nSPS) is 9.64. The van der Waals surface area contributed by atoms with Gasteiger partial charge in [0.05, 0.1) is 0 Å². The van der Waals surface area contributed by atoms with Gasteiger partial charge in [0.1, 0.15) is 0 Å². The number of rotatable bonds is 3. The molecule has 0 aromatic heterocycles. The lowest BCUT2D eigenvalue weighted by atomic mass is 10.1. The summed E-state index contributed by atoms with van der Waals surface area (Å²) in [5.74, 6) is 0.252. The van der Waals surface area contributed by atoms with Crippen molar-refractivity contribution in [2.75, 3.05) is 0 Å². The zero-order valence-corrected chi connectivity index (χ0v) is 8.66. The van der Waals surface area contributed by atoms with Crippen LogP contribution < -0.4 is 4.89 Å². The Hall–Kier alpha value is -1.51. The molecule has 14 heavy (non-hydrogen) atoms. The Kier molecular flexibility index (Phi) is 3.51. The minimum atomic E-state index is -0.368. The fourth-order valence-electron chi connectivity index (χ4n) is 1.08. The molecule has 0 unspecified atom stereocenters. The van der Waals surface area contributed by atoms with Gasteiger partial charge in [-0.05, 0) is 25.0 Å². The number of carbonyl (C=O) groups excluding carboxylic acids is 1. The number of hydrogen-bond acceptors (Lipinski definition) is 3. The van der Waals surface area contributed by atoms with Gasteiger partial charge < -0.3 is 0 Å². The van der Waals surface area contributed by atoms with E-state index in [1.807, 2.05) is 32.0 Å². The lowest BCUT2D eigenvalue weighted by Gasteiger charge is -2.08. The molecule has 0 saturated heterocycles. The molecule has 0 aliphatic rings. The van der Waals surface area contributed by atoms with Gasteiger partial charge in [0.2, 0.25) is 0 Å². The standard InChI is InChI=1S/C11H14O3/c1-4-10(12)13-14-11-8(2)6-5-7-9(11)3/h5-7H,4H2,1-3H3. The molecular weight excluding hydrogens is 180 g/mol. The highest BCUT2D eigenvalue weighted by Gasteiger charge is 2.06. The first-order valence-corrected chi connectivity index (χ1v) is 4.58. The maximum Gasteiger partial charge on any atom is 0.355 e. The Morgan fingerprint density at radius 3 is 2.36 bits per heavy atom. The predicted octanol–water partition coefficient (Wildman–Crippen LogP) is 2.55. The fourth-order valence-corrected chi connectivity index (χ4v) is 1.08. The highest BCUT2D eigenvalue weighted by molar-refractivity contribution is 5.68. The van der Waals surface area contributed by atoms with Crippen LogP contribution in [0.25, 0.3) is 0 Å². The van der Waals surface area contributed by atoms with Gasteiger partial charge in [-0.2, -0.15) is 0 Å². The van der Waals surface area contributed by atoms with Crippen LogP contribution in [0.4, 0.5) is 0 Å². The number of para-hydroxylation sites is 1. The van der Waals surface area contributed by atoms with E-state index in [9.17, 15) is 4.79 Å². The minimum Gasteiger partial charge on any atom is -0.286 e. The number of aryl methyl sites for hydroxylation is 2. The lowest BCUT2D eigenvalue weighted by molar-refractivity contribution is -0.213. The molecule has 0 heterocycles. The molecule has 0 N–H and O–H groups in total. The summed E-state index contributed by atoms with van der Waals surface area (Å²) in [5.41, 5.74) is 1.91. The van der Waals surface area contributed by atoms with Gasteiger partial charge in [-0.25, -0.2) is 4.79 Å². The van der Waals surface area contributed by atoms with Gasteiger partial charge in [0, 0.05) is 6.42 Å². The smallest absolute Gasteiger partial charge is 0.286 e. The van der Waals surface area contributed by atoms with Gasteiger partial charge in [0.15, 0.2) is 5.75 Å². The molecule has 0 fully saturated rings. The van der Waals surface area contributed by atoms with Crippen molar-refractivity contribution in [2.24, 2.45) is 0 Å². The van der Waals surface area contributed by atoms with Crippen molar-refractivity contribution in [1.29, 1.82) is 0 Å². The third-order valence-corrected chi connectivity index (χ3v) is 1.92. The molecule has 0 aliphatic heterocycles. The topological polar surface area (TPSA) is 35.5 Å². The summed E-state index contributed by atoms with van der Waals surface area (Å²) in [4.78, 5) is 20.4. The average Bonchev–Trinajstić information content (AvgIpc) is 2.16. The van der Waals surface area contributed by atoms with Crippen LogP contribution in [0.2, 0.25) is 0 Å². The Morgan fingerprint density at radius 1 is 1.29 bits per heavy atom. The Balaban J connectivity index is 2.71. The molecule has 0 spiro atoms. The first-order chi connectivity index (χ1) is 6.65. The van der Waals surface area contributed by atoms with E-state index in [-0.39, 0.29) is 5.97 Å².